The highest BCUT2D eigenvalue weighted by Crippen LogP contribution is 2.26. The van der Waals surface area contributed by atoms with Gasteiger partial charge < -0.3 is 10.4 Å². The van der Waals surface area contributed by atoms with Crippen molar-refractivity contribution < 1.29 is 14.8 Å². The third kappa shape index (κ3) is 4.15. The molecule has 1 aromatic carbocycles. The van der Waals surface area contributed by atoms with Crippen molar-refractivity contribution in [3.8, 4) is 0 Å². The normalized spacial score (nSPS) is 22.0. The minimum absolute atomic E-state index is 0.00854. The van der Waals surface area contributed by atoms with Gasteiger partial charge in [-0.3, -0.25) is 14.9 Å². The monoisotopic (exact) mass is 312 g/mol. The molecule has 6 nitrogen and oxygen atoms in total. The average Bonchev–Trinajstić information content (AvgIpc) is 2.46. The number of hydrogen-bond acceptors (Lipinski definition) is 4. The van der Waals surface area contributed by atoms with Crippen molar-refractivity contribution in [2.75, 3.05) is 0 Å². The highest BCUT2D eigenvalue weighted by molar-refractivity contribution is 6.30. The molecule has 0 atom stereocenters. The van der Waals surface area contributed by atoms with E-state index in [2.05, 4.69) is 5.32 Å². The number of nitrogens with one attached hydrogen (secondary N) is 1. The molecule has 0 aromatic heterocycles. The number of nitrogens with zero attached hydrogens (tertiary/aromatic N) is 1. The fourth-order valence-corrected chi connectivity index (χ4v) is 2.82. The molecule has 114 valence electrons. The second-order valence-corrected chi connectivity index (χ2v) is 5.73. The van der Waals surface area contributed by atoms with Gasteiger partial charge in [0, 0.05) is 29.2 Å². The van der Waals surface area contributed by atoms with Crippen LogP contribution in [0.25, 0.3) is 0 Å². The molecule has 1 fully saturated rings. The lowest BCUT2D eigenvalue weighted by Crippen LogP contribution is -2.34. The van der Waals surface area contributed by atoms with Gasteiger partial charge in [0.05, 0.1) is 10.8 Å². The largest absolute Gasteiger partial charge is 0.481 e. The van der Waals surface area contributed by atoms with Crippen molar-refractivity contribution >= 4 is 23.3 Å². The summed E-state index contributed by atoms with van der Waals surface area (Å²) in [5.41, 5.74) is 0.596. The van der Waals surface area contributed by atoms with Crippen LogP contribution in [0.1, 0.15) is 31.2 Å². The molecular weight excluding hydrogens is 296 g/mol. The van der Waals surface area contributed by atoms with Crippen molar-refractivity contribution in [3.63, 3.8) is 0 Å². The number of halogens is 1. The summed E-state index contributed by atoms with van der Waals surface area (Å²) in [5, 5.41) is 23.6. The molecule has 0 saturated heterocycles. The molecule has 1 saturated carbocycles. The van der Waals surface area contributed by atoms with Crippen LogP contribution in [0.2, 0.25) is 5.02 Å². The maximum Gasteiger partial charge on any atom is 0.306 e. The first-order chi connectivity index (χ1) is 9.97. The number of carboxylic acid groups (broad SMARTS) is 1. The van der Waals surface area contributed by atoms with Gasteiger partial charge in [0.15, 0.2) is 0 Å². The molecule has 2 rings (SSSR count). The van der Waals surface area contributed by atoms with Gasteiger partial charge in [-0.15, -0.1) is 0 Å². The van der Waals surface area contributed by atoms with Gasteiger partial charge in [-0.25, -0.2) is 0 Å². The summed E-state index contributed by atoms with van der Waals surface area (Å²) >= 11 is 5.77. The van der Waals surface area contributed by atoms with Crippen LogP contribution in [0.4, 0.5) is 5.69 Å². The van der Waals surface area contributed by atoms with Crippen LogP contribution in [-0.4, -0.2) is 22.0 Å². The first kappa shape index (κ1) is 15.7. The zero-order chi connectivity index (χ0) is 15.4. The van der Waals surface area contributed by atoms with Crippen LogP contribution in [0.3, 0.4) is 0 Å². The number of nitro groups is 1. The lowest BCUT2D eigenvalue weighted by Gasteiger charge is -2.26. The number of nitro benzene ring substituents is 1. The Morgan fingerprint density at radius 3 is 2.62 bits per heavy atom. The number of aliphatic carboxylic acids is 1. The summed E-state index contributed by atoms with van der Waals surface area (Å²) in [5.74, 6) is -0.991. The fraction of sp³-hybridized carbons (Fsp3) is 0.500. The molecule has 0 amide bonds. The van der Waals surface area contributed by atoms with Gasteiger partial charge >= 0.3 is 5.97 Å². The fourth-order valence-electron chi connectivity index (χ4n) is 2.66. The molecule has 0 heterocycles. The van der Waals surface area contributed by atoms with Crippen LogP contribution < -0.4 is 5.32 Å². The zero-order valence-electron chi connectivity index (χ0n) is 11.4. The molecular formula is C14H17ClN2O4. The molecule has 0 aliphatic heterocycles. The molecule has 0 spiro atoms. The van der Waals surface area contributed by atoms with Gasteiger partial charge in [-0.2, -0.15) is 0 Å². The summed E-state index contributed by atoms with van der Waals surface area (Å²) in [6, 6.07) is 4.83. The van der Waals surface area contributed by atoms with Crippen LogP contribution in [0.5, 0.6) is 0 Å². The first-order valence-corrected chi connectivity index (χ1v) is 7.24. The lowest BCUT2D eigenvalue weighted by atomic mass is 9.86. The van der Waals surface area contributed by atoms with E-state index in [1.165, 1.54) is 6.07 Å². The Hall–Kier alpha value is -1.66. The maximum atomic E-state index is 11.0. The van der Waals surface area contributed by atoms with Gasteiger partial charge in [0.25, 0.3) is 5.69 Å². The highest BCUT2D eigenvalue weighted by atomic mass is 35.5. The number of carboxylic acids is 1. The molecule has 7 heteroatoms. The Balaban J connectivity index is 1.92. The van der Waals surface area contributed by atoms with E-state index in [1.54, 1.807) is 12.1 Å². The van der Waals surface area contributed by atoms with E-state index in [9.17, 15) is 14.9 Å². The maximum absolute atomic E-state index is 11.0. The van der Waals surface area contributed by atoms with Crippen LogP contribution in [-0.2, 0) is 11.3 Å². The molecule has 1 aliphatic rings. The van der Waals surface area contributed by atoms with Crippen molar-refractivity contribution in [2.45, 2.75) is 38.3 Å². The minimum Gasteiger partial charge on any atom is -0.481 e. The van der Waals surface area contributed by atoms with Gasteiger partial charge in [-0.1, -0.05) is 11.6 Å². The standard InChI is InChI=1S/C14H17ClN2O4/c15-11-4-1-10(13(7-11)17(20)21)8-16-12-5-2-9(3-6-12)14(18)19/h1,4,7,9,12,16H,2-3,5-6,8H2,(H,18,19). The average molecular weight is 313 g/mol. The zero-order valence-corrected chi connectivity index (χ0v) is 12.2. The molecule has 1 aromatic rings. The number of benzene rings is 1. The Kier molecular flexibility index (Phi) is 5.14. The van der Waals surface area contributed by atoms with Crippen LogP contribution in [0.15, 0.2) is 18.2 Å². The van der Waals surface area contributed by atoms with Crippen molar-refractivity contribution in [1.82, 2.24) is 5.32 Å². The van der Waals surface area contributed by atoms with Gasteiger partial charge in [0.2, 0.25) is 0 Å². The van der Waals surface area contributed by atoms with E-state index in [0.717, 1.165) is 12.8 Å². The summed E-state index contributed by atoms with van der Waals surface area (Å²) in [4.78, 5) is 21.4. The molecule has 2 N–H and O–H groups in total. The molecule has 1 aliphatic carbocycles. The highest BCUT2D eigenvalue weighted by Gasteiger charge is 2.26. The van der Waals surface area contributed by atoms with E-state index in [4.69, 9.17) is 16.7 Å². The van der Waals surface area contributed by atoms with E-state index >= 15 is 0 Å². The summed E-state index contributed by atoms with van der Waals surface area (Å²) in [7, 11) is 0. The first-order valence-electron chi connectivity index (χ1n) is 6.86. The quantitative estimate of drug-likeness (QED) is 0.644. The predicted octanol–water partition coefficient (Wildman–Crippen LogP) is 2.98. The Morgan fingerprint density at radius 2 is 2.05 bits per heavy atom. The Labute approximate surface area is 127 Å². The second-order valence-electron chi connectivity index (χ2n) is 5.30. The smallest absolute Gasteiger partial charge is 0.306 e. The van der Waals surface area contributed by atoms with Crippen molar-refractivity contribution in [2.24, 2.45) is 5.92 Å². The van der Waals surface area contributed by atoms with Gasteiger partial charge in [0.1, 0.15) is 0 Å². The third-order valence-corrected chi connectivity index (χ3v) is 4.14. The summed E-state index contributed by atoms with van der Waals surface area (Å²) in [6.45, 7) is 0.385. The minimum atomic E-state index is -0.734. The molecule has 0 radical (unpaired) electrons. The Morgan fingerprint density at radius 1 is 1.38 bits per heavy atom. The van der Waals surface area contributed by atoms with Gasteiger partial charge in [-0.05, 0) is 37.8 Å². The van der Waals surface area contributed by atoms with Crippen LogP contribution in [0, 0.1) is 16.0 Å². The SMILES string of the molecule is O=C(O)C1CCC(NCc2ccc(Cl)cc2[N+](=O)[O-])CC1. The molecule has 0 bridgehead atoms. The molecule has 0 unspecified atom stereocenters. The van der Waals surface area contributed by atoms with E-state index in [1.807, 2.05) is 0 Å². The number of hydrogen-bond donors (Lipinski definition) is 2. The summed E-state index contributed by atoms with van der Waals surface area (Å²) in [6.07, 6.45) is 2.85. The lowest BCUT2D eigenvalue weighted by molar-refractivity contribution is -0.385. The van der Waals surface area contributed by atoms with Crippen molar-refractivity contribution in [1.29, 1.82) is 0 Å². The van der Waals surface area contributed by atoms with E-state index in [0.29, 0.717) is 30.0 Å². The van der Waals surface area contributed by atoms with E-state index < -0.39 is 10.9 Å². The second kappa shape index (κ2) is 6.87. The number of carbonyl (C=O) groups is 1. The topological polar surface area (TPSA) is 92.5 Å². The summed E-state index contributed by atoms with van der Waals surface area (Å²) < 4.78 is 0. The Bertz CT molecular complexity index is 542. The van der Waals surface area contributed by atoms with Crippen LogP contribution >= 0.6 is 11.6 Å². The van der Waals surface area contributed by atoms with E-state index in [-0.39, 0.29) is 17.6 Å². The molecule has 21 heavy (non-hydrogen) atoms. The number of rotatable bonds is 5. The predicted molar refractivity (Wildman–Crippen MR) is 78.3 cm³/mol. The van der Waals surface area contributed by atoms with Crippen molar-refractivity contribution in [3.05, 3.63) is 38.9 Å². The third-order valence-electron chi connectivity index (χ3n) is 3.90.